The molecule has 0 aliphatic heterocycles. The van der Waals surface area contributed by atoms with Crippen molar-refractivity contribution < 1.29 is 18.3 Å². The highest BCUT2D eigenvalue weighted by Gasteiger charge is 2.39. The van der Waals surface area contributed by atoms with Gasteiger partial charge in [-0.3, -0.25) is 0 Å². The molecule has 0 aliphatic carbocycles. The third kappa shape index (κ3) is 3.95. The quantitative estimate of drug-likeness (QED) is 0.478. The van der Waals surface area contributed by atoms with Gasteiger partial charge < -0.3 is 15.7 Å². The Kier molecular flexibility index (Phi) is 5.53. The molecular weight excluding hydrogens is 347 g/mol. The minimum atomic E-state index is -4.78. The molecule has 0 heterocycles. The Balaban J connectivity index is 2.57. The normalized spacial score (nSPS) is 12.3. The minimum Gasteiger partial charge on any atom is -0.395 e. The van der Waals surface area contributed by atoms with Gasteiger partial charge in [0.25, 0.3) is 0 Å². The molecule has 0 saturated carbocycles. The molecule has 2 aromatic rings. The average molecular weight is 363 g/mol. The summed E-state index contributed by atoms with van der Waals surface area (Å²) in [7, 11) is 1.66. The van der Waals surface area contributed by atoms with E-state index < -0.39 is 12.3 Å². The van der Waals surface area contributed by atoms with Crippen LogP contribution in [0.3, 0.4) is 0 Å². The van der Waals surface area contributed by atoms with Crippen molar-refractivity contribution in [1.82, 2.24) is 0 Å². The Bertz CT molecular complexity index is 860. The maximum absolute atomic E-state index is 12.7. The lowest BCUT2D eigenvalue weighted by Gasteiger charge is -2.21. The molecule has 136 valence electrons. The smallest absolute Gasteiger partial charge is 0.395 e. The number of nitrogen functional groups attached to an aromatic ring is 1. The monoisotopic (exact) mass is 363 g/mol. The Labute approximate surface area is 148 Å². The van der Waals surface area contributed by atoms with Crippen molar-refractivity contribution in [3.63, 3.8) is 0 Å². The van der Waals surface area contributed by atoms with E-state index in [-0.39, 0.29) is 23.5 Å². The fourth-order valence-electron chi connectivity index (χ4n) is 2.48. The lowest BCUT2D eigenvalue weighted by Crippen LogP contribution is -2.20. The van der Waals surface area contributed by atoms with E-state index in [1.807, 2.05) is 0 Å². The maximum atomic E-state index is 12.7. The van der Waals surface area contributed by atoms with E-state index in [9.17, 15) is 23.2 Å². The highest BCUT2D eigenvalue weighted by atomic mass is 19.4. The first kappa shape index (κ1) is 19.3. The molecule has 26 heavy (non-hydrogen) atoms. The van der Waals surface area contributed by atoms with Gasteiger partial charge in [0.15, 0.2) is 6.10 Å². The number of hydrogen-bond donors (Lipinski definition) is 2. The third-order valence-corrected chi connectivity index (χ3v) is 3.82. The van der Waals surface area contributed by atoms with E-state index in [2.05, 4.69) is 11.1 Å². The molecule has 0 spiro atoms. The summed E-state index contributed by atoms with van der Waals surface area (Å²) < 4.78 is 38.2. The first-order valence-electron chi connectivity index (χ1n) is 7.45. The zero-order valence-electron chi connectivity index (χ0n) is 13.8. The van der Waals surface area contributed by atoms with Crippen molar-refractivity contribution in [3.05, 3.63) is 46.9 Å². The number of aliphatic hydroxyl groups excluding tert-OH is 1. The second kappa shape index (κ2) is 7.45. The third-order valence-electron chi connectivity index (χ3n) is 3.82. The van der Waals surface area contributed by atoms with Crippen molar-refractivity contribution in [2.75, 3.05) is 24.2 Å². The minimum absolute atomic E-state index is 0.0526. The molecule has 3 N–H and O–H groups in total. The first-order valence-corrected chi connectivity index (χ1v) is 7.45. The van der Waals surface area contributed by atoms with Gasteiger partial charge in [-0.05, 0) is 40.1 Å². The van der Waals surface area contributed by atoms with E-state index in [1.54, 1.807) is 24.1 Å². The van der Waals surface area contributed by atoms with E-state index in [4.69, 9.17) is 12.2 Å². The molecule has 0 aromatic heterocycles. The van der Waals surface area contributed by atoms with E-state index >= 15 is 0 Å². The standard InChI is InChI=1S/C18H16F3N3O2/c1-3-7-24(2)15-10-13(9-14(23-26)16(15)22)11-5-4-6-12(8-11)17(25)18(19,20)21/h1,4-6,8-10,17,25H,7,22H2,2H3. The number of benzene rings is 2. The maximum Gasteiger partial charge on any atom is 0.418 e. The molecule has 0 saturated heterocycles. The van der Waals surface area contributed by atoms with Crippen molar-refractivity contribution in [2.45, 2.75) is 12.3 Å². The van der Waals surface area contributed by atoms with Gasteiger partial charge in [0.1, 0.15) is 5.69 Å². The van der Waals surface area contributed by atoms with E-state index in [1.165, 1.54) is 24.3 Å². The number of hydrogen-bond acceptors (Lipinski definition) is 5. The summed E-state index contributed by atoms with van der Waals surface area (Å²) in [5.74, 6) is 2.43. The van der Waals surface area contributed by atoms with Gasteiger partial charge in [-0.2, -0.15) is 13.2 Å². The molecule has 1 atom stereocenters. The van der Waals surface area contributed by atoms with E-state index in [0.717, 1.165) is 0 Å². The molecule has 0 radical (unpaired) electrons. The Hall–Kier alpha value is -3.05. The molecule has 0 fully saturated rings. The Morgan fingerprint density at radius 2 is 2.00 bits per heavy atom. The Morgan fingerprint density at radius 3 is 2.58 bits per heavy atom. The summed E-state index contributed by atoms with van der Waals surface area (Å²) >= 11 is 0. The number of nitroso groups, excluding NO2 is 1. The van der Waals surface area contributed by atoms with Crippen molar-refractivity contribution in [2.24, 2.45) is 5.18 Å². The van der Waals surface area contributed by atoms with Gasteiger partial charge in [0.05, 0.1) is 17.9 Å². The summed E-state index contributed by atoms with van der Waals surface area (Å²) in [6.07, 6.45) is -2.11. The first-order chi connectivity index (χ1) is 12.2. The molecule has 2 aromatic carbocycles. The van der Waals surface area contributed by atoms with Crippen LogP contribution in [0.15, 0.2) is 41.6 Å². The number of aliphatic hydroxyl groups is 1. The lowest BCUT2D eigenvalue weighted by molar-refractivity contribution is -0.206. The van der Waals surface area contributed by atoms with Crippen LogP contribution in [0.5, 0.6) is 0 Å². The van der Waals surface area contributed by atoms with Crippen LogP contribution < -0.4 is 10.6 Å². The zero-order valence-corrected chi connectivity index (χ0v) is 13.8. The topological polar surface area (TPSA) is 78.9 Å². The summed E-state index contributed by atoms with van der Waals surface area (Å²) in [5, 5.41) is 12.3. The molecule has 8 heteroatoms. The predicted molar refractivity (Wildman–Crippen MR) is 94.9 cm³/mol. The highest BCUT2D eigenvalue weighted by Crippen LogP contribution is 2.39. The van der Waals surface area contributed by atoms with Crippen molar-refractivity contribution >= 4 is 17.1 Å². The van der Waals surface area contributed by atoms with Gasteiger partial charge in [0, 0.05) is 7.05 Å². The SMILES string of the molecule is C#CCN(C)c1cc(-c2cccc(C(O)C(F)(F)F)c2)cc(N=O)c1N. The van der Waals surface area contributed by atoms with Crippen molar-refractivity contribution in [3.8, 4) is 23.5 Å². The molecule has 0 amide bonds. The van der Waals surface area contributed by atoms with Crippen molar-refractivity contribution in [1.29, 1.82) is 0 Å². The van der Waals surface area contributed by atoms with Crippen LogP contribution in [-0.4, -0.2) is 24.9 Å². The lowest BCUT2D eigenvalue weighted by atomic mass is 9.98. The summed E-state index contributed by atoms with van der Waals surface area (Å²) in [6, 6.07) is 8.27. The molecule has 0 aliphatic rings. The second-order valence-electron chi connectivity index (χ2n) is 5.65. The van der Waals surface area contributed by atoms with Crippen LogP contribution in [-0.2, 0) is 0 Å². The molecule has 5 nitrogen and oxygen atoms in total. The van der Waals surface area contributed by atoms with Crippen LogP contribution in [0.4, 0.5) is 30.2 Å². The summed E-state index contributed by atoms with van der Waals surface area (Å²) in [5.41, 5.74) is 6.88. The average Bonchev–Trinajstić information content (AvgIpc) is 2.60. The van der Waals surface area contributed by atoms with Crippen LogP contribution in [0, 0.1) is 17.3 Å². The number of rotatable bonds is 5. The highest BCUT2D eigenvalue weighted by molar-refractivity contribution is 5.86. The number of nitrogens with two attached hydrogens (primary N) is 1. The van der Waals surface area contributed by atoms with Crippen LogP contribution >= 0.6 is 0 Å². The number of anilines is 2. The molecule has 2 rings (SSSR count). The van der Waals surface area contributed by atoms with Gasteiger partial charge in [-0.15, -0.1) is 11.3 Å². The van der Waals surface area contributed by atoms with Gasteiger partial charge in [-0.1, -0.05) is 24.1 Å². The van der Waals surface area contributed by atoms with Crippen LogP contribution in [0.2, 0.25) is 0 Å². The fourth-order valence-corrected chi connectivity index (χ4v) is 2.48. The number of halogens is 3. The van der Waals surface area contributed by atoms with Gasteiger partial charge in [0.2, 0.25) is 0 Å². The van der Waals surface area contributed by atoms with Crippen LogP contribution in [0.1, 0.15) is 11.7 Å². The second-order valence-corrected chi connectivity index (χ2v) is 5.65. The van der Waals surface area contributed by atoms with Gasteiger partial charge in [-0.25, -0.2) is 0 Å². The summed E-state index contributed by atoms with van der Waals surface area (Å²) in [4.78, 5) is 12.7. The predicted octanol–water partition coefficient (Wildman–Crippen LogP) is 4.00. The van der Waals surface area contributed by atoms with Gasteiger partial charge >= 0.3 is 6.18 Å². The van der Waals surface area contributed by atoms with Crippen LogP contribution in [0.25, 0.3) is 11.1 Å². The molecular formula is C18H16F3N3O2. The summed E-state index contributed by atoms with van der Waals surface area (Å²) in [6.45, 7) is 0.207. The number of nitrogens with zero attached hydrogens (tertiary/aromatic N) is 2. The molecule has 1 unspecified atom stereocenters. The fraction of sp³-hybridized carbons (Fsp3) is 0.222. The van der Waals surface area contributed by atoms with E-state index in [0.29, 0.717) is 16.8 Å². The zero-order chi connectivity index (χ0) is 19.5. The largest absolute Gasteiger partial charge is 0.418 e. The number of alkyl halides is 3. The number of terminal acetylenes is 1. The Morgan fingerprint density at radius 1 is 1.31 bits per heavy atom. The molecule has 0 bridgehead atoms.